The normalized spacial score (nSPS) is 10.7. The van der Waals surface area contributed by atoms with E-state index in [1.54, 1.807) is 12.1 Å². The van der Waals surface area contributed by atoms with E-state index < -0.39 is 5.91 Å². The zero-order valence-electron chi connectivity index (χ0n) is 12.4. The maximum absolute atomic E-state index is 12.8. The number of carbonyl (C=O) groups excluding carboxylic acids is 1. The first-order chi connectivity index (χ1) is 11.2. The van der Waals surface area contributed by atoms with Crippen LogP contribution in [-0.2, 0) is 17.9 Å². The van der Waals surface area contributed by atoms with Gasteiger partial charge in [-0.3, -0.25) is 4.79 Å². The third-order valence-electron chi connectivity index (χ3n) is 3.13. The summed E-state index contributed by atoms with van der Waals surface area (Å²) in [5.41, 5.74) is 1.80. The highest BCUT2D eigenvalue weighted by atomic mass is 19.1. The first kappa shape index (κ1) is 16.2. The van der Waals surface area contributed by atoms with Crippen molar-refractivity contribution in [3.8, 4) is 6.07 Å². The van der Waals surface area contributed by atoms with Crippen LogP contribution in [0.15, 0.2) is 66.4 Å². The Balaban J connectivity index is 1.86. The molecule has 0 aliphatic heterocycles. The van der Waals surface area contributed by atoms with Crippen LogP contribution in [0.4, 0.5) is 4.39 Å². The van der Waals surface area contributed by atoms with Crippen molar-refractivity contribution in [1.29, 1.82) is 5.26 Å². The highest BCUT2D eigenvalue weighted by molar-refractivity contribution is 5.97. The fourth-order valence-electron chi connectivity index (χ4n) is 1.90. The molecule has 0 bridgehead atoms. The van der Waals surface area contributed by atoms with Crippen molar-refractivity contribution >= 4 is 5.91 Å². The molecule has 0 fully saturated rings. The molecular formula is C18H16FN3O. The zero-order valence-corrected chi connectivity index (χ0v) is 12.4. The molecule has 116 valence electrons. The van der Waals surface area contributed by atoms with Gasteiger partial charge >= 0.3 is 0 Å². The lowest BCUT2D eigenvalue weighted by atomic mass is 10.2. The molecule has 2 aromatic rings. The molecule has 0 saturated carbocycles. The van der Waals surface area contributed by atoms with Crippen molar-refractivity contribution in [2.45, 2.75) is 13.1 Å². The molecule has 0 heterocycles. The van der Waals surface area contributed by atoms with Gasteiger partial charge in [0.25, 0.3) is 5.91 Å². The molecule has 2 rings (SSSR count). The van der Waals surface area contributed by atoms with Gasteiger partial charge in [0.15, 0.2) is 0 Å². The summed E-state index contributed by atoms with van der Waals surface area (Å²) in [6.45, 7) is 0.758. The molecule has 0 radical (unpaired) electrons. The minimum Gasteiger partial charge on any atom is -0.386 e. The monoisotopic (exact) mass is 309 g/mol. The number of halogens is 1. The standard InChI is InChI=1S/C18H16FN3O/c19-17-8-6-15(7-9-17)11-21-13-16(10-20)18(23)22-12-14-4-2-1-3-5-14/h1-9,13,21H,11-12H2,(H,22,23)/b16-13-. The Morgan fingerprint density at radius 1 is 1.04 bits per heavy atom. The van der Waals surface area contributed by atoms with Gasteiger partial charge in [0.2, 0.25) is 0 Å². The van der Waals surface area contributed by atoms with E-state index in [-0.39, 0.29) is 11.4 Å². The number of hydrogen-bond acceptors (Lipinski definition) is 3. The summed E-state index contributed by atoms with van der Waals surface area (Å²) in [7, 11) is 0. The summed E-state index contributed by atoms with van der Waals surface area (Å²) in [5, 5.41) is 14.6. The third-order valence-corrected chi connectivity index (χ3v) is 3.13. The molecular weight excluding hydrogens is 293 g/mol. The summed E-state index contributed by atoms with van der Waals surface area (Å²) in [6, 6.07) is 17.3. The van der Waals surface area contributed by atoms with Gasteiger partial charge in [-0.2, -0.15) is 5.26 Å². The number of rotatable bonds is 6. The maximum Gasteiger partial charge on any atom is 0.263 e. The number of benzene rings is 2. The number of carbonyl (C=O) groups is 1. The SMILES string of the molecule is N#C/C(=C/NCc1ccc(F)cc1)C(=O)NCc1ccccc1. The Morgan fingerprint density at radius 3 is 2.35 bits per heavy atom. The third kappa shape index (κ3) is 5.29. The van der Waals surface area contributed by atoms with Gasteiger partial charge in [-0.15, -0.1) is 0 Å². The second-order valence-electron chi connectivity index (χ2n) is 4.85. The fourth-order valence-corrected chi connectivity index (χ4v) is 1.90. The van der Waals surface area contributed by atoms with E-state index in [9.17, 15) is 9.18 Å². The van der Waals surface area contributed by atoms with Crippen LogP contribution < -0.4 is 10.6 Å². The van der Waals surface area contributed by atoms with Crippen LogP contribution in [0.1, 0.15) is 11.1 Å². The summed E-state index contributed by atoms with van der Waals surface area (Å²) in [5.74, 6) is -0.745. The molecule has 4 nitrogen and oxygen atoms in total. The second kappa shape index (κ2) is 8.35. The van der Waals surface area contributed by atoms with E-state index in [1.807, 2.05) is 36.4 Å². The van der Waals surface area contributed by atoms with Gasteiger partial charge in [0.1, 0.15) is 17.5 Å². The highest BCUT2D eigenvalue weighted by Crippen LogP contribution is 2.03. The Labute approximate surface area is 134 Å². The van der Waals surface area contributed by atoms with E-state index in [1.165, 1.54) is 18.3 Å². The van der Waals surface area contributed by atoms with E-state index in [2.05, 4.69) is 10.6 Å². The number of hydrogen-bond donors (Lipinski definition) is 2. The van der Waals surface area contributed by atoms with Crippen molar-refractivity contribution in [3.63, 3.8) is 0 Å². The van der Waals surface area contributed by atoms with E-state index in [4.69, 9.17) is 5.26 Å². The first-order valence-corrected chi connectivity index (χ1v) is 7.09. The van der Waals surface area contributed by atoms with Crippen LogP contribution in [0.5, 0.6) is 0 Å². The lowest BCUT2D eigenvalue weighted by molar-refractivity contribution is -0.117. The number of amides is 1. The Morgan fingerprint density at radius 2 is 1.70 bits per heavy atom. The predicted molar refractivity (Wildman–Crippen MR) is 85.2 cm³/mol. The van der Waals surface area contributed by atoms with Crippen LogP contribution in [-0.4, -0.2) is 5.91 Å². The Hall–Kier alpha value is -3.13. The predicted octanol–water partition coefficient (Wildman–Crippen LogP) is 2.64. The molecule has 0 aliphatic carbocycles. The average Bonchev–Trinajstić information content (AvgIpc) is 2.59. The molecule has 2 aromatic carbocycles. The van der Waals surface area contributed by atoms with Crippen LogP contribution in [0.3, 0.4) is 0 Å². The Bertz CT molecular complexity index is 718. The van der Waals surface area contributed by atoms with Gasteiger partial charge in [-0.1, -0.05) is 42.5 Å². The van der Waals surface area contributed by atoms with Gasteiger partial charge < -0.3 is 10.6 Å². The molecule has 0 unspecified atom stereocenters. The number of nitrogens with zero attached hydrogens (tertiary/aromatic N) is 1. The van der Waals surface area contributed by atoms with Crippen molar-refractivity contribution in [2.75, 3.05) is 0 Å². The summed E-state index contributed by atoms with van der Waals surface area (Å²) in [4.78, 5) is 11.9. The van der Waals surface area contributed by atoms with E-state index in [0.717, 1.165) is 11.1 Å². The lowest BCUT2D eigenvalue weighted by Crippen LogP contribution is -2.25. The number of nitrogens with one attached hydrogen (secondary N) is 2. The Kier molecular flexibility index (Phi) is 5.89. The van der Waals surface area contributed by atoms with Gasteiger partial charge in [-0.25, -0.2) is 4.39 Å². The molecule has 0 atom stereocenters. The van der Waals surface area contributed by atoms with Crippen molar-refractivity contribution in [2.24, 2.45) is 0 Å². The van der Waals surface area contributed by atoms with Crippen LogP contribution in [0.25, 0.3) is 0 Å². The van der Waals surface area contributed by atoms with Crippen LogP contribution in [0.2, 0.25) is 0 Å². The first-order valence-electron chi connectivity index (χ1n) is 7.09. The lowest BCUT2D eigenvalue weighted by Gasteiger charge is -2.05. The van der Waals surface area contributed by atoms with Crippen molar-refractivity contribution in [3.05, 3.63) is 83.3 Å². The summed E-state index contributed by atoms with van der Waals surface area (Å²) >= 11 is 0. The van der Waals surface area contributed by atoms with Crippen molar-refractivity contribution < 1.29 is 9.18 Å². The summed E-state index contributed by atoms with van der Waals surface area (Å²) < 4.78 is 12.8. The van der Waals surface area contributed by atoms with E-state index in [0.29, 0.717) is 13.1 Å². The number of nitriles is 1. The van der Waals surface area contributed by atoms with Gasteiger partial charge in [-0.05, 0) is 23.3 Å². The molecule has 0 aliphatic rings. The quantitative estimate of drug-likeness (QED) is 0.637. The summed E-state index contributed by atoms with van der Waals surface area (Å²) in [6.07, 6.45) is 1.36. The highest BCUT2D eigenvalue weighted by Gasteiger charge is 2.08. The maximum atomic E-state index is 12.8. The molecule has 23 heavy (non-hydrogen) atoms. The molecule has 0 spiro atoms. The zero-order chi connectivity index (χ0) is 16.5. The van der Waals surface area contributed by atoms with Crippen LogP contribution >= 0.6 is 0 Å². The molecule has 1 amide bonds. The molecule has 5 heteroatoms. The minimum atomic E-state index is -0.442. The second-order valence-corrected chi connectivity index (χ2v) is 4.85. The van der Waals surface area contributed by atoms with Crippen molar-refractivity contribution in [1.82, 2.24) is 10.6 Å². The fraction of sp³-hybridized carbons (Fsp3) is 0.111. The smallest absolute Gasteiger partial charge is 0.263 e. The average molecular weight is 309 g/mol. The molecule has 0 saturated heterocycles. The molecule has 0 aromatic heterocycles. The topological polar surface area (TPSA) is 64.9 Å². The molecule has 2 N–H and O–H groups in total. The van der Waals surface area contributed by atoms with Crippen LogP contribution in [0, 0.1) is 17.1 Å². The van der Waals surface area contributed by atoms with Gasteiger partial charge in [0, 0.05) is 19.3 Å². The van der Waals surface area contributed by atoms with E-state index >= 15 is 0 Å². The van der Waals surface area contributed by atoms with Gasteiger partial charge in [0.05, 0.1) is 0 Å². The largest absolute Gasteiger partial charge is 0.386 e. The minimum absolute atomic E-state index is 0.0111.